The molecule has 0 saturated heterocycles. The first-order chi connectivity index (χ1) is 15.2. The summed E-state index contributed by atoms with van der Waals surface area (Å²) in [4.78, 5) is 0. The predicted octanol–water partition coefficient (Wildman–Crippen LogP) is 7.42. The Morgan fingerprint density at radius 1 is 0.871 bits per heavy atom. The molecular formula is C28H36N2O. The summed E-state index contributed by atoms with van der Waals surface area (Å²) in [6.45, 7) is 8.55. The number of aromatic nitrogens is 1. The minimum atomic E-state index is 0.550. The molecule has 0 aliphatic carbocycles. The molecule has 1 aliphatic heterocycles. The number of ether oxygens (including phenoxy) is 1. The van der Waals surface area contributed by atoms with Gasteiger partial charge in [0.15, 0.2) is 0 Å². The number of benzene rings is 2. The van der Waals surface area contributed by atoms with E-state index in [9.17, 15) is 0 Å². The summed E-state index contributed by atoms with van der Waals surface area (Å²) >= 11 is 0. The van der Waals surface area contributed by atoms with Crippen molar-refractivity contribution in [2.45, 2.75) is 71.9 Å². The fourth-order valence-corrected chi connectivity index (χ4v) is 4.81. The number of unbranched alkanes of at least 4 members (excludes halogenated alkanes) is 3. The molecule has 2 heterocycles. The third-order valence-electron chi connectivity index (χ3n) is 6.41. The first-order valence-electron chi connectivity index (χ1n) is 12.0. The lowest BCUT2D eigenvalue weighted by molar-refractivity contribution is 0.306. The van der Waals surface area contributed by atoms with Crippen molar-refractivity contribution in [3.8, 4) is 17.0 Å². The van der Waals surface area contributed by atoms with Crippen LogP contribution in [-0.4, -0.2) is 11.2 Å². The van der Waals surface area contributed by atoms with Crippen LogP contribution in [0.5, 0.6) is 5.75 Å². The van der Waals surface area contributed by atoms with E-state index in [1.54, 1.807) is 0 Å². The second-order valence-electron chi connectivity index (χ2n) is 8.71. The molecule has 3 nitrogen and oxygen atoms in total. The minimum absolute atomic E-state index is 0.550. The molecule has 2 bridgehead atoms. The van der Waals surface area contributed by atoms with E-state index < -0.39 is 0 Å². The lowest BCUT2D eigenvalue weighted by Gasteiger charge is -2.33. The van der Waals surface area contributed by atoms with Gasteiger partial charge in [0.2, 0.25) is 0 Å². The maximum absolute atomic E-state index is 5.98. The highest BCUT2D eigenvalue weighted by Crippen LogP contribution is 2.41. The summed E-state index contributed by atoms with van der Waals surface area (Å²) in [6, 6.07) is 21.9. The monoisotopic (exact) mass is 416 g/mol. The van der Waals surface area contributed by atoms with Crippen molar-refractivity contribution < 1.29 is 4.74 Å². The quantitative estimate of drug-likeness (QED) is 0.303. The van der Waals surface area contributed by atoms with Crippen molar-refractivity contribution in [3.63, 3.8) is 0 Å². The molecule has 0 radical (unpaired) electrons. The molecule has 0 N–H and O–H groups in total. The highest BCUT2D eigenvalue weighted by atomic mass is 16.5. The number of nitrogens with zero attached hydrogens (tertiary/aromatic N) is 2. The minimum Gasteiger partial charge on any atom is -0.489 e. The van der Waals surface area contributed by atoms with E-state index in [2.05, 4.69) is 72.9 Å². The fraction of sp³-hybridized carbons (Fsp3) is 0.429. The van der Waals surface area contributed by atoms with Crippen LogP contribution in [0.2, 0.25) is 0 Å². The third kappa shape index (κ3) is 4.66. The smallest absolute Gasteiger partial charge is 0.119 e. The van der Waals surface area contributed by atoms with Gasteiger partial charge in [-0.05, 0) is 61.2 Å². The van der Waals surface area contributed by atoms with Gasteiger partial charge in [-0.25, -0.2) is 0 Å². The van der Waals surface area contributed by atoms with E-state index in [-0.39, 0.29) is 0 Å². The van der Waals surface area contributed by atoms with Gasteiger partial charge in [-0.15, -0.1) is 0 Å². The Kier molecular flexibility index (Phi) is 7.01. The molecule has 1 atom stereocenters. The summed E-state index contributed by atoms with van der Waals surface area (Å²) in [5, 5.41) is 2.60. The van der Waals surface area contributed by atoms with Gasteiger partial charge in [0.1, 0.15) is 12.4 Å². The standard InChI is InChI=1S/C28H36N2O/c1-4-6-7-11-14-27-26-20-28(30(22(26)3)29(27)19-5-2)24-15-17-25(18-16-24)31-21-23-12-9-8-10-13-23/h8-10,12-13,15-18,20,27H,4-7,11,14,19,21H2,1-3H3. The molecule has 3 heteroatoms. The highest BCUT2D eigenvalue weighted by molar-refractivity contribution is 5.66. The van der Waals surface area contributed by atoms with Crippen LogP contribution in [0.1, 0.15) is 75.2 Å². The summed E-state index contributed by atoms with van der Waals surface area (Å²) in [6.07, 6.45) is 7.75. The molecular weight excluding hydrogens is 380 g/mol. The van der Waals surface area contributed by atoms with E-state index in [1.165, 1.54) is 66.6 Å². The van der Waals surface area contributed by atoms with Gasteiger partial charge < -0.3 is 9.75 Å². The van der Waals surface area contributed by atoms with Crippen LogP contribution in [0.4, 0.5) is 0 Å². The van der Waals surface area contributed by atoms with Crippen LogP contribution in [-0.2, 0) is 6.61 Å². The second kappa shape index (κ2) is 10.1. The van der Waals surface area contributed by atoms with Gasteiger partial charge >= 0.3 is 0 Å². The van der Waals surface area contributed by atoms with E-state index in [4.69, 9.17) is 4.74 Å². The Hall–Kier alpha value is -2.68. The molecule has 1 unspecified atom stereocenters. The van der Waals surface area contributed by atoms with Gasteiger partial charge in [0.05, 0.1) is 11.7 Å². The molecule has 164 valence electrons. The van der Waals surface area contributed by atoms with E-state index in [1.807, 2.05) is 18.2 Å². The molecule has 1 aliphatic rings. The molecule has 0 spiro atoms. The lowest BCUT2D eigenvalue weighted by atomic mass is 9.99. The Labute approximate surface area is 187 Å². The Morgan fingerprint density at radius 2 is 1.65 bits per heavy atom. The number of fused-ring (bicyclic) bond motifs is 2. The van der Waals surface area contributed by atoms with E-state index in [0.717, 1.165) is 12.3 Å². The van der Waals surface area contributed by atoms with E-state index >= 15 is 0 Å². The lowest BCUT2D eigenvalue weighted by Crippen LogP contribution is -2.36. The Bertz CT molecular complexity index is 959. The van der Waals surface area contributed by atoms with Crippen LogP contribution in [0.15, 0.2) is 60.7 Å². The number of hydrogen-bond donors (Lipinski definition) is 0. The van der Waals surface area contributed by atoms with Crippen molar-refractivity contribution >= 4 is 0 Å². The van der Waals surface area contributed by atoms with Crippen LogP contribution in [0.3, 0.4) is 0 Å². The zero-order chi connectivity index (χ0) is 21.6. The zero-order valence-corrected chi connectivity index (χ0v) is 19.3. The van der Waals surface area contributed by atoms with Crippen molar-refractivity contribution in [2.75, 3.05) is 11.6 Å². The highest BCUT2D eigenvalue weighted by Gasteiger charge is 2.34. The van der Waals surface area contributed by atoms with Gasteiger partial charge in [-0.1, -0.05) is 69.9 Å². The second-order valence-corrected chi connectivity index (χ2v) is 8.71. The Balaban J connectivity index is 1.48. The Morgan fingerprint density at radius 3 is 2.35 bits per heavy atom. The maximum atomic E-state index is 5.98. The normalized spacial score (nSPS) is 14.9. The molecule has 0 saturated carbocycles. The van der Waals surface area contributed by atoms with Gasteiger partial charge in [0.25, 0.3) is 0 Å². The average Bonchev–Trinajstić information content (AvgIpc) is 3.26. The first-order valence-corrected chi connectivity index (χ1v) is 12.0. The van der Waals surface area contributed by atoms with Crippen molar-refractivity contribution in [1.29, 1.82) is 0 Å². The number of hydrogen-bond acceptors (Lipinski definition) is 2. The predicted molar refractivity (Wildman–Crippen MR) is 130 cm³/mol. The molecule has 4 rings (SSSR count). The van der Waals surface area contributed by atoms with E-state index in [0.29, 0.717) is 12.6 Å². The zero-order valence-electron chi connectivity index (χ0n) is 19.3. The van der Waals surface area contributed by atoms with Gasteiger partial charge in [-0.3, -0.25) is 4.68 Å². The summed E-state index contributed by atoms with van der Waals surface area (Å²) in [5.41, 5.74) is 6.68. The number of rotatable bonds is 11. The first kappa shape index (κ1) is 21.5. The molecule has 1 aromatic heterocycles. The topological polar surface area (TPSA) is 17.4 Å². The van der Waals surface area contributed by atoms with Gasteiger partial charge in [-0.2, -0.15) is 0 Å². The van der Waals surface area contributed by atoms with Gasteiger partial charge in [0, 0.05) is 17.8 Å². The van der Waals surface area contributed by atoms with Crippen molar-refractivity contribution in [2.24, 2.45) is 0 Å². The van der Waals surface area contributed by atoms with Crippen LogP contribution < -0.4 is 9.75 Å². The molecule has 31 heavy (non-hydrogen) atoms. The molecule has 3 aromatic rings. The summed E-state index contributed by atoms with van der Waals surface area (Å²) < 4.78 is 8.46. The molecule has 0 fully saturated rings. The van der Waals surface area contributed by atoms with Crippen molar-refractivity contribution in [1.82, 2.24) is 4.68 Å². The average molecular weight is 417 g/mol. The SMILES string of the molecule is CCCCCCC1c2cc(-c3ccc(OCc4ccccc4)cc3)n(c2C)N1CCC. The molecule has 2 aromatic carbocycles. The summed E-state index contributed by atoms with van der Waals surface area (Å²) in [5.74, 6) is 0.916. The van der Waals surface area contributed by atoms with Crippen LogP contribution in [0.25, 0.3) is 11.3 Å². The third-order valence-corrected chi connectivity index (χ3v) is 6.41. The molecule has 0 amide bonds. The maximum Gasteiger partial charge on any atom is 0.119 e. The van der Waals surface area contributed by atoms with Crippen LogP contribution in [0, 0.1) is 6.92 Å². The largest absolute Gasteiger partial charge is 0.489 e. The van der Waals surface area contributed by atoms with Crippen LogP contribution >= 0.6 is 0 Å². The summed E-state index contributed by atoms with van der Waals surface area (Å²) in [7, 11) is 0. The van der Waals surface area contributed by atoms with Crippen molar-refractivity contribution in [3.05, 3.63) is 77.5 Å². The fourth-order valence-electron chi connectivity index (χ4n) is 4.81.